The maximum Gasteiger partial charge on any atom is 0.490 e. The number of carbonyl (C=O) groups excluding carboxylic acids is 1. The number of carboxylic acids is 1. The van der Waals surface area contributed by atoms with Crippen molar-refractivity contribution in [1.82, 2.24) is 5.32 Å². The Bertz CT molecular complexity index is 1360. The van der Waals surface area contributed by atoms with Crippen LogP contribution in [0.1, 0.15) is 24.0 Å². The molecule has 0 radical (unpaired) electrons. The molecule has 1 aliphatic carbocycles. The number of hydrogen-bond acceptors (Lipinski definition) is 5. The molecule has 38 heavy (non-hydrogen) atoms. The quantitative estimate of drug-likeness (QED) is 0.380. The molecule has 1 saturated carbocycles. The largest absolute Gasteiger partial charge is 0.497 e. The van der Waals surface area contributed by atoms with Gasteiger partial charge in [0.2, 0.25) is 5.91 Å². The van der Waals surface area contributed by atoms with Gasteiger partial charge in [0, 0.05) is 12.2 Å². The van der Waals surface area contributed by atoms with E-state index in [9.17, 15) is 26.4 Å². The number of methoxy groups -OCH3 is 1. The first-order valence-electron chi connectivity index (χ1n) is 11.3. The number of amides is 1. The number of alkyl halides is 3. The highest BCUT2D eigenvalue weighted by atomic mass is 32.2. The van der Waals surface area contributed by atoms with Gasteiger partial charge in [0.25, 0.3) is 10.0 Å². The van der Waals surface area contributed by atoms with Gasteiger partial charge in [-0.25, -0.2) is 13.2 Å². The molecule has 1 aliphatic rings. The molecule has 0 unspecified atom stereocenters. The van der Waals surface area contributed by atoms with Gasteiger partial charge in [-0.15, -0.1) is 0 Å². The molecule has 3 aromatic rings. The molecule has 0 spiro atoms. The van der Waals surface area contributed by atoms with Crippen molar-refractivity contribution in [3.8, 4) is 5.75 Å². The molecule has 8 nitrogen and oxygen atoms in total. The summed E-state index contributed by atoms with van der Waals surface area (Å²) in [5.41, 5.74) is 1.86. The molecule has 202 valence electrons. The van der Waals surface area contributed by atoms with Crippen LogP contribution in [0.25, 0.3) is 0 Å². The van der Waals surface area contributed by atoms with E-state index in [4.69, 9.17) is 14.6 Å². The Morgan fingerprint density at radius 1 is 0.947 bits per heavy atom. The maximum absolute atomic E-state index is 12.8. The summed E-state index contributed by atoms with van der Waals surface area (Å²) in [5, 5.41) is 10.1. The molecule has 4 rings (SSSR count). The van der Waals surface area contributed by atoms with Crippen LogP contribution >= 0.6 is 0 Å². The maximum atomic E-state index is 12.8. The summed E-state index contributed by atoms with van der Waals surface area (Å²) >= 11 is 0. The van der Waals surface area contributed by atoms with Crippen LogP contribution in [0.3, 0.4) is 0 Å². The van der Waals surface area contributed by atoms with Crippen LogP contribution in [0, 0.1) is 0 Å². The lowest BCUT2D eigenvalue weighted by Gasteiger charge is -2.17. The second kappa shape index (κ2) is 11.5. The summed E-state index contributed by atoms with van der Waals surface area (Å²) in [6.45, 7) is 0.487. The van der Waals surface area contributed by atoms with Gasteiger partial charge in [-0.3, -0.25) is 9.52 Å². The third-order valence-corrected chi connectivity index (χ3v) is 7.18. The number of rotatable bonds is 8. The standard InChI is InChI=1S/C24H24N2O4S.C2HF3O2/c1-30-21-11-13-22(14-12-21)31(28,29)26-20-9-7-19(8-10-20)24(15-16-24)23(27)25-17-18-5-3-2-4-6-18;3-2(4,5)1(6)7/h2-14,26H,15-17H2,1H3,(H,25,27);(H,6,7). The number of benzene rings is 3. The molecule has 0 saturated heterocycles. The molecule has 3 aromatic carbocycles. The minimum Gasteiger partial charge on any atom is -0.497 e. The average Bonchev–Trinajstić information content (AvgIpc) is 3.70. The summed E-state index contributed by atoms with van der Waals surface area (Å²) in [6, 6.07) is 23.0. The van der Waals surface area contributed by atoms with Gasteiger partial charge in [-0.2, -0.15) is 13.2 Å². The van der Waals surface area contributed by atoms with Crippen molar-refractivity contribution >= 4 is 27.6 Å². The minimum atomic E-state index is -5.08. The predicted octanol–water partition coefficient (Wildman–Crippen LogP) is 4.48. The molecule has 0 aliphatic heterocycles. The molecule has 3 N–H and O–H groups in total. The Hall–Kier alpha value is -4.06. The molecule has 1 fully saturated rings. The van der Waals surface area contributed by atoms with Crippen LogP contribution in [0.4, 0.5) is 18.9 Å². The fourth-order valence-electron chi connectivity index (χ4n) is 3.55. The van der Waals surface area contributed by atoms with Crippen molar-refractivity contribution in [1.29, 1.82) is 0 Å². The highest BCUT2D eigenvalue weighted by Crippen LogP contribution is 2.48. The van der Waals surface area contributed by atoms with E-state index in [0.717, 1.165) is 24.0 Å². The van der Waals surface area contributed by atoms with Crippen LogP contribution in [-0.2, 0) is 31.6 Å². The van der Waals surface area contributed by atoms with E-state index in [-0.39, 0.29) is 10.8 Å². The Morgan fingerprint density at radius 3 is 1.97 bits per heavy atom. The Kier molecular flexibility index (Phi) is 8.67. The normalized spacial score (nSPS) is 13.9. The van der Waals surface area contributed by atoms with Gasteiger partial charge in [0.05, 0.1) is 17.4 Å². The Balaban J connectivity index is 0.000000505. The summed E-state index contributed by atoms with van der Waals surface area (Å²) in [6.07, 6.45) is -3.52. The highest BCUT2D eigenvalue weighted by molar-refractivity contribution is 7.92. The second-order valence-corrected chi connectivity index (χ2v) is 10.1. The first-order chi connectivity index (χ1) is 17.9. The van der Waals surface area contributed by atoms with Crippen LogP contribution in [0.2, 0.25) is 0 Å². The van der Waals surface area contributed by atoms with Gasteiger partial charge in [-0.1, -0.05) is 42.5 Å². The summed E-state index contributed by atoms with van der Waals surface area (Å²) < 4.78 is 64.6. The topological polar surface area (TPSA) is 122 Å². The summed E-state index contributed by atoms with van der Waals surface area (Å²) in [7, 11) is -2.19. The van der Waals surface area contributed by atoms with Crippen molar-refractivity contribution in [2.45, 2.75) is 35.9 Å². The minimum absolute atomic E-state index is 0.00270. The zero-order valence-electron chi connectivity index (χ0n) is 20.2. The predicted molar refractivity (Wildman–Crippen MR) is 133 cm³/mol. The van der Waals surface area contributed by atoms with E-state index in [1.165, 1.54) is 19.2 Å². The lowest BCUT2D eigenvalue weighted by atomic mass is 9.94. The summed E-state index contributed by atoms with van der Waals surface area (Å²) in [4.78, 5) is 21.9. The van der Waals surface area contributed by atoms with E-state index < -0.39 is 27.6 Å². The van der Waals surface area contributed by atoms with E-state index in [1.807, 2.05) is 42.5 Å². The Labute approximate surface area is 217 Å². The molecule has 0 bridgehead atoms. The van der Waals surface area contributed by atoms with E-state index in [0.29, 0.717) is 18.0 Å². The molecular formula is C26H25F3N2O6S. The smallest absolute Gasteiger partial charge is 0.490 e. The van der Waals surface area contributed by atoms with Crippen LogP contribution < -0.4 is 14.8 Å². The number of aliphatic carboxylic acids is 1. The number of sulfonamides is 1. The fourth-order valence-corrected chi connectivity index (χ4v) is 4.60. The number of carbonyl (C=O) groups is 2. The third-order valence-electron chi connectivity index (χ3n) is 5.78. The van der Waals surface area contributed by atoms with E-state index in [2.05, 4.69) is 10.0 Å². The van der Waals surface area contributed by atoms with Crippen molar-refractivity contribution < 1.29 is 41.0 Å². The first-order valence-corrected chi connectivity index (χ1v) is 12.8. The number of ether oxygens (including phenoxy) is 1. The number of nitrogens with one attached hydrogen (secondary N) is 2. The summed E-state index contributed by atoms with van der Waals surface area (Å²) in [5.74, 6) is -2.17. The molecule has 0 aromatic heterocycles. The van der Waals surface area contributed by atoms with E-state index in [1.54, 1.807) is 24.3 Å². The number of carboxylic acid groups (broad SMARTS) is 1. The van der Waals surface area contributed by atoms with Crippen molar-refractivity contribution in [3.63, 3.8) is 0 Å². The van der Waals surface area contributed by atoms with Crippen LogP contribution in [0.15, 0.2) is 83.8 Å². The van der Waals surface area contributed by atoms with Gasteiger partial charge in [0.1, 0.15) is 5.75 Å². The number of anilines is 1. The monoisotopic (exact) mass is 550 g/mol. The first kappa shape index (κ1) is 28.5. The van der Waals surface area contributed by atoms with Crippen molar-refractivity contribution in [3.05, 3.63) is 90.0 Å². The van der Waals surface area contributed by atoms with Gasteiger partial charge < -0.3 is 15.2 Å². The van der Waals surface area contributed by atoms with Crippen LogP contribution in [-0.4, -0.2) is 38.7 Å². The van der Waals surface area contributed by atoms with Gasteiger partial charge in [0.15, 0.2) is 0 Å². The molecule has 1 amide bonds. The lowest BCUT2D eigenvalue weighted by Crippen LogP contribution is -2.34. The molecular weight excluding hydrogens is 525 g/mol. The third kappa shape index (κ3) is 7.25. The van der Waals surface area contributed by atoms with Crippen molar-refractivity contribution in [2.24, 2.45) is 0 Å². The fraction of sp³-hybridized carbons (Fsp3) is 0.231. The van der Waals surface area contributed by atoms with Crippen molar-refractivity contribution in [2.75, 3.05) is 11.8 Å². The Morgan fingerprint density at radius 2 is 1.50 bits per heavy atom. The highest BCUT2D eigenvalue weighted by Gasteiger charge is 2.51. The van der Waals surface area contributed by atoms with Crippen LogP contribution in [0.5, 0.6) is 5.75 Å². The van der Waals surface area contributed by atoms with Gasteiger partial charge >= 0.3 is 12.1 Å². The average molecular weight is 551 g/mol. The lowest BCUT2D eigenvalue weighted by molar-refractivity contribution is -0.192. The van der Waals surface area contributed by atoms with E-state index >= 15 is 0 Å². The van der Waals surface area contributed by atoms with Gasteiger partial charge in [-0.05, 0) is 60.4 Å². The number of hydrogen-bond donors (Lipinski definition) is 3. The zero-order chi connectivity index (χ0) is 28.0. The molecule has 0 atom stereocenters. The zero-order valence-corrected chi connectivity index (χ0v) is 21.0. The molecule has 12 heteroatoms. The SMILES string of the molecule is COc1ccc(S(=O)(=O)Nc2ccc(C3(C(=O)NCc4ccccc4)CC3)cc2)cc1.O=C(O)C(F)(F)F. The number of halogens is 3. The molecule has 0 heterocycles. The second-order valence-electron chi connectivity index (χ2n) is 8.41.